The predicted octanol–water partition coefficient (Wildman–Crippen LogP) is 5.04. The molecule has 1 atom stereocenters. The highest BCUT2D eigenvalue weighted by Gasteiger charge is 2.35. The molecule has 28 heavy (non-hydrogen) atoms. The molecule has 0 spiro atoms. The number of nitrogens with zero attached hydrogens (tertiary/aromatic N) is 1. The van der Waals surface area contributed by atoms with E-state index in [1.807, 2.05) is 54.2 Å². The molecular weight excluding hydrogens is 370 g/mol. The van der Waals surface area contributed by atoms with Crippen LogP contribution in [0.3, 0.4) is 0 Å². The highest BCUT2D eigenvalue weighted by Crippen LogP contribution is 2.43. The van der Waals surface area contributed by atoms with E-state index < -0.39 is 0 Å². The van der Waals surface area contributed by atoms with E-state index in [1.54, 1.807) is 7.11 Å². The number of benzene rings is 2. The van der Waals surface area contributed by atoms with Gasteiger partial charge in [-0.3, -0.25) is 4.79 Å². The first-order valence-corrected chi connectivity index (χ1v) is 11.1. The minimum atomic E-state index is 0.0677. The zero-order valence-corrected chi connectivity index (χ0v) is 17.1. The third-order valence-corrected chi connectivity index (χ3v) is 6.85. The molecule has 1 unspecified atom stereocenters. The van der Waals surface area contributed by atoms with E-state index in [4.69, 9.17) is 9.47 Å². The molecule has 1 saturated heterocycles. The van der Waals surface area contributed by atoms with E-state index in [0.29, 0.717) is 12.5 Å². The molecule has 4 nitrogen and oxygen atoms in total. The van der Waals surface area contributed by atoms with E-state index in [1.165, 1.54) is 12.8 Å². The Morgan fingerprint density at radius 2 is 1.89 bits per heavy atom. The molecule has 1 amide bonds. The molecule has 1 heterocycles. The minimum absolute atomic E-state index is 0.0677. The summed E-state index contributed by atoms with van der Waals surface area (Å²) < 4.78 is 11.6. The molecule has 0 N–H and O–H groups in total. The summed E-state index contributed by atoms with van der Waals surface area (Å²) in [5, 5.41) is 0.0677. The summed E-state index contributed by atoms with van der Waals surface area (Å²) in [7, 11) is 1.66. The van der Waals surface area contributed by atoms with Crippen molar-refractivity contribution in [3.8, 4) is 11.5 Å². The number of carbonyl (C=O) groups excluding carboxylic acids is 1. The van der Waals surface area contributed by atoms with Crippen LogP contribution in [0.25, 0.3) is 0 Å². The van der Waals surface area contributed by atoms with Gasteiger partial charge in [0.2, 0.25) is 5.91 Å². The monoisotopic (exact) mass is 397 g/mol. The Morgan fingerprint density at radius 3 is 2.64 bits per heavy atom. The van der Waals surface area contributed by atoms with Crippen LogP contribution in [0.15, 0.2) is 48.5 Å². The van der Waals surface area contributed by atoms with Crippen molar-refractivity contribution in [3.05, 3.63) is 59.7 Å². The quantitative estimate of drug-likeness (QED) is 0.685. The SMILES string of the molecule is COc1ccc(C2SCCN2C(=O)C2CCCC2)cc1OCc1ccccc1. The molecule has 1 aliphatic carbocycles. The summed E-state index contributed by atoms with van der Waals surface area (Å²) in [5.41, 5.74) is 2.22. The lowest BCUT2D eigenvalue weighted by molar-refractivity contribution is -0.135. The Hall–Kier alpha value is -2.14. The molecule has 2 aliphatic rings. The van der Waals surface area contributed by atoms with Crippen molar-refractivity contribution >= 4 is 17.7 Å². The maximum atomic E-state index is 13.0. The fourth-order valence-electron chi connectivity index (χ4n) is 4.07. The Bertz CT molecular complexity index is 805. The predicted molar refractivity (Wildman–Crippen MR) is 113 cm³/mol. The van der Waals surface area contributed by atoms with Crippen LogP contribution in [0.4, 0.5) is 0 Å². The fraction of sp³-hybridized carbons (Fsp3) is 0.435. The second-order valence-electron chi connectivity index (χ2n) is 7.42. The molecule has 2 fully saturated rings. The standard InChI is InChI=1S/C23H27NO3S/c1-26-20-12-11-19(15-21(20)27-16-17-7-3-2-4-8-17)23-24(13-14-28-23)22(25)18-9-5-6-10-18/h2-4,7-8,11-12,15,18,23H,5-6,9-10,13-14,16H2,1H3. The Labute approximate surface area is 171 Å². The van der Waals surface area contributed by atoms with Crippen molar-refractivity contribution in [1.82, 2.24) is 4.90 Å². The first-order chi connectivity index (χ1) is 13.8. The zero-order chi connectivity index (χ0) is 19.3. The number of methoxy groups -OCH3 is 1. The maximum absolute atomic E-state index is 13.0. The lowest BCUT2D eigenvalue weighted by Gasteiger charge is -2.27. The summed E-state index contributed by atoms with van der Waals surface area (Å²) in [6.45, 7) is 1.32. The van der Waals surface area contributed by atoms with E-state index in [-0.39, 0.29) is 11.3 Å². The van der Waals surface area contributed by atoms with Crippen LogP contribution >= 0.6 is 11.8 Å². The largest absolute Gasteiger partial charge is 0.493 e. The van der Waals surface area contributed by atoms with Crippen molar-refractivity contribution in [2.75, 3.05) is 19.4 Å². The number of hydrogen-bond donors (Lipinski definition) is 0. The maximum Gasteiger partial charge on any atom is 0.226 e. The summed E-state index contributed by atoms with van der Waals surface area (Å²) in [5.74, 6) is 2.97. The summed E-state index contributed by atoms with van der Waals surface area (Å²) in [6.07, 6.45) is 4.45. The van der Waals surface area contributed by atoms with Gasteiger partial charge in [0.25, 0.3) is 0 Å². The van der Waals surface area contributed by atoms with Crippen molar-refractivity contribution in [1.29, 1.82) is 0 Å². The number of carbonyl (C=O) groups is 1. The lowest BCUT2D eigenvalue weighted by Crippen LogP contribution is -2.34. The van der Waals surface area contributed by atoms with Gasteiger partial charge in [0.15, 0.2) is 11.5 Å². The molecule has 148 valence electrons. The molecule has 0 bridgehead atoms. The number of ether oxygens (including phenoxy) is 2. The van der Waals surface area contributed by atoms with Crippen molar-refractivity contribution < 1.29 is 14.3 Å². The topological polar surface area (TPSA) is 38.8 Å². The first-order valence-electron chi connectivity index (χ1n) is 10.0. The van der Waals surface area contributed by atoms with Gasteiger partial charge in [0.05, 0.1) is 7.11 Å². The minimum Gasteiger partial charge on any atom is -0.493 e. The van der Waals surface area contributed by atoms with Gasteiger partial charge in [-0.25, -0.2) is 0 Å². The van der Waals surface area contributed by atoms with Crippen LogP contribution in [0.5, 0.6) is 11.5 Å². The molecule has 2 aromatic rings. The fourth-order valence-corrected chi connectivity index (χ4v) is 5.33. The van der Waals surface area contributed by atoms with Gasteiger partial charge in [0.1, 0.15) is 12.0 Å². The molecule has 4 rings (SSSR count). The zero-order valence-electron chi connectivity index (χ0n) is 16.3. The Morgan fingerprint density at radius 1 is 1.11 bits per heavy atom. The molecule has 1 aliphatic heterocycles. The molecule has 2 aromatic carbocycles. The van der Waals surface area contributed by atoms with E-state index in [2.05, 4.69) is 11.0 Å². The van der Waals surface area contributed by atoms with Crippen LogP contribution < -0.4 is 9.47 Å². The van der Waals surface area contributed by atoms with Gasteiger partial charge in [0, 0.05) is 18.2 Å². The molecule has 5 heteroatoms. The number of thioether (sulfide) groups is 1. The molecule has 0 radical (unpaired) electrons. The van der Waals surface area contributed by atoms with E-state index in [0.717, 1.165) is 47.8 Å². The van der Waals surface area contributed by atoms with Gasteiger partial charge in [-0.05, 0) is 36.1 Å². The first kappa shape index (κ1) is 19.2. The second kappa shape index (κ2) is 8.91. The average molecular weight is 398 g/mol. The highest BCUT2D eigenvalue weighted by molar-refractivity contribution is 7.99. The van der Waals surface area contributed by atoms with Gasteiger partial charge >= 0.3 is 0 Å². The molecule has 0 aromatic heterocycles. The van der Waals surface area contributed by atoms with Crippen molar-refractivity contribution in [3.63, 3.8) is 0 Å². The number of hydrogen-bond acceptors (Lipinski definition) is 4. The van der Waals surface area contributed by atoms with Crippen LogP contribution in [0, 0.1) is 5.92 Å². The average Bonchev–Trinajstić information content (AvgIpc) is 3.44. The van der Waals surface area contributed by atoms with E-state index >= 15 is 0 Å². The lowest BCUT2D eigenvalue weighted by atomic mass is 10.1. The van der Waals surface area contributed by atoms with Crippen LogP contribution in [0.1, 0.15) is 42.2 Å². The van der Waals surface area contributed by atoms with E-state index in [9.17, 15) is 4.79 Å². The van der Waals surface area contributed by atoms with Crippen molar-refractivity contribution in [2.24, 2.45) is 5.92 Å². The van der Waals surface area contributed by atoms with Crippen LogP contribution in [-0.4, -0.2) is 30.2 Å². The highest BCUT2D eigenvalue weighted by atomic mass is 32.2. The third-order valence-electron chi connectivity index (χ3n) is 5.59. The smallest absolute Gasteiger partial charge is 0.226 e. The van der Waals surface area contributed by atoms with Crippen molar-refractivity contribution in [2.45, 2.75) is 37.7 Å². The van der Waals surface area contributed by atoms with Gasteiger partial charge < -0.3 is 14.4 Å². The van der Waals surface area contributed by atoms with Gasteiger partial charge in [-0.15, -0.1) is 11.8 Å². The van der Waals surface area contributed by atoms with Gasteiger partial charge in [-0.1, -0.05) is 49.2 Å². The Kier molecular flexibility index (Phi) is 6.10. The molecule has 1 saturated carbocycles. The van der Waals surface area contributed by atoms with Gasteiger partial charge in [-0.2, -0.15) is 0 Å². The number of rotatable bonds is 6. The Balaban J connectivity index is 1.52. The normalized spacial score (nSPS) is 19.8. The molecular formula is C23H27NO3S. The summed E-state index contributed by atoms with van der Waals surface area (Å²) >= 11 is 1.84. The second-order valence-corrected chi connectivity index (χ2v) is 8.61. The summed E-state index contributed by atoms with van der Waals surface area (Å²) in [4.78, 5) is 15.1. The third kappa shape index (κ3) is 4.14. The summed E-state index contributed by atoms with van der Waals surface area (Å²) in [6, 6.07) is 16.2. The van der Waals surface area contributed by atoms with Crippen LogP contribution in [0.2, 0.25) is 0 Å². The van der Waals surface area contributed by atoms with Crippen LogP contribution in [-0.2, 0) is 11.4 Å². The number of amides is 1.